The van der Waals surface area contributed by atoms with E-state index < -0.39 is 0 Å². The predicted octanol–water partition coefficient (Wildman–Crippen LogP) is 2.18. The summed E-state index contributed by atoms with van der Waals surface area (Å²) in [6, 6.07) is 0. The van der Waals surface area contributed by atoms with Crippen molar-refractivity contribution in [3.05, 3.63) is 0 Å². The SMILES string of the molecule is CSB1OC2CC3C4CC(C34C)[C@]2(C)O1. The van der Waals surface area contributed by atoms with Gasteiger partial charge in [0.1, 0.15) is 0 Å². The summed E-state index contributed by atoms with van der Waals surface area (Å²) in [6.07, 6.45) is 5.05. The molecule has 3 aliphatic carbocycles. The van der Waals surface area contributed by atoms with Gasteiger partial charge in [-0.2, -0.15) is 0 Å². The lowest BCUT2D eigenvalue weighted by molar-refractivity contribution is -0.0872. The van der Waals surface area contributed by atoms with Crippen LogP contribution in [0.5, 0.6) is 0 Å². The van der Waals surface area contributed by atoms with Crippen molar-refractivity contribution < 1.29 is 9.31 Å². The van der Waals surface area contributed by atoms with E-state index in [0.717, 1.165) is 17.8 Å². The highest BCUT2D eigenvalue weighted by Crippen LogP contribution is 2.82. The molecule has 2 nitrogen and oxygen atoms in total. The Kier molecular flexibility index (Phi) is 1.52. The fraction of sp³-hybridized carbons (Fsp3) is 1.00. The third kappa shape index (κ3) is 0.828. The van der Waals surface area contributed by atoms with Crippen LogP contribution in [0.3, 0.4) is 0 Å². The quantitative estimate of drug-likeness (QED) is 0.636. The molecule has 1 aliphatic heterocycles. The summed E-state index contributed by atoms with van der Waals surface area (Å²) in [5.74, 6) is 2.71. The predicted molar refractivity (Wildman–Crippen MR) is 61.4 cm³/mol. The van der Waals surface area contributed by atoms with Crippen LogP contribution in [0.25, 0.3) is 0 Å². The summed E-state index contributed by atoms with van der Waals surface area (Å²) in [5, 5.41) is 0. The van der Waals surface area contributed by atoms with Crippen molar-refractivity contribution in [1.29, 1.82) is 0 Å². The summed E-state index contributed by atoms with van der Waals surface area (Å²) in [5.41, 5.74) is 0.647. The fourth-order valence-electron chi connectivity index (χ4n) is 4.79. The highest BCUT2D eigenvalue weighted by atomic mass is 32.2. The number of hydrogen-bond acceptors (Lipinski definition) is 3. The Morgan fingerprint density at radius 2 is 2.00 bits per heavy atom. The van der Waals surface area contributed by atoms with E-state index in [1.807, 2.05) is 0 Å². The van der Waals surface area contributed by atoms with E-state index >= 15 is 0 Å². The van der Waals surface area contributed by atoms with Crippen LogP contribution in [0.15, 0.2) is 0 Å². The molecule has 4 heteroatoms. The third-order valence-corrected chi connectivity index (χ3v) is 6.42. The monoisotopic (exact) mass is 224 g/mol. The van der Waals surface area contributed by atoms with E-state index in [0.29, 0.717) is 11.5 Å². The van der Waals surface area contributed by atoms with Crippen LogP contribution in [0.4, 0.5) is 0 Å². The van der Waals surface area contributed by atoms with Gasteiger partial charge in [-0.05, 0) is 49.2 Å². The Morgan fingerprint density at radius 1 is 1.27 bits per heavy atom. The average Bonchev–Trinajstić information content (AvgIpc) is 2.51. The summed E-state index contributed by atoms with van der Waals surface area (Å²) >= 11 is 1.69. The average molecular weight is 224 g/mol. The molecule has 0 bridgehead atoms. The lowest BCUT2D eigenvalue weighted by Crippen LogP contribution is -2.53. The molecule has 1 heterocycles. The van der Waals surface area contributed by atoms with Crippen LogP contribution < -0.4 is 0 Å². The second-order valence-corrected chi connectivity index (χ2v) is 6.91. The minimum absolute atomic E-state index is 0.0138. The smallest absolute Gasteiger partial charge is 0.396 e. The Bertz CT molecular complexity index is 339. The molecule has 0 aromatic rings. The third-order valence-electron chi connectivity index (χ3n) is 5.83. The maximum absolute atomic E-state index is 6.16. The van der Waals surface area contributed by atoms with Crippen LogP contribution in [-0.4, -0.2) is 24.4 Å². The molecule has 0 aromatic heterocycles. The summed E-state index contributed by atoms with van der Waals surface area (Å²) in [4.78, 5) is 0. The highest BCUT2D eigenvalue weighted by Gasteiger charge is 2.81. The first-order valence-corrected chi connectivity index (χ1v) is 7.25. The highest BCUT2D eigenvalue weighted by molar-refractivity contribution is 8.23. The van der Waals surface area contributed by atoms with Gasteiger partial charge in [0.2, 0.25) is 0 Å². The molecule has 0 amide bonds. The van der Waals surface area contributed by atoms with E-state index in [9.17, 15) is 0 Å². The topological polar surface area (TPSA) is 18.5 Å². The zero-order valence-electron chi connectivity index (χ0n) is 9.53. The molecule has 5 unspecified atom stereocenters. The van der Waals surface area contributed by atoms with Gasteiger partial charge in [0.15, 0.2) is 0 Å². The number of hydrogen-bond donors (Lipinski definition) is 0. The van der Waals surface area contributed by atoms with E-state index in [-0.39, 0.29) is 12.0 Å². The molecule has 15 heavy (non-hydrogen) atoms. The van der Waals surface area contributed by atoms with Gasteiger partial charge < -0.3 is 9.31 Å². The minimum Gasteiger partial charge on any atom is -0.396 e. The molecular formula is C11H17BO2S. The molecule has 0 radical (unpaired) electrons. The minimum atomic E-state index is -0.0138. The lowest BCUT2D eigenvalue weighted by Gasteiger charge is -2.49. The van der Waals surface area contributed by atoms with Crippen molar-refractivity contribution in [1.82, 2.24) is 0 Å². The molecule has 3 saturated carbocycles. The van der Waals surface area contributed by atoms with E-state index in [2.05, 4.69) is 20.1 Å². The Balaban J connectivity index is 1.69. The van der Waals surface area contributed by atoms with Crippen LogP contribution >= 0.6 is 11.6 Å². The molecule has 1 saturated heterocycles. The van der Waals surface area contributed by atoms with Crippen LogP contribution in [0, 0.1) is 23.2 Å². The number of fused-ring (bicyclic) bond motifs is 3. The van der Waals surface area contributed by atoms with Crippen molar-refractivity contribution in [2.24, 2.45) is 23.2 Å². The first-order chi connectivity index (χ1) is 7.10. The Labute approximate surface area is 95.5 Å². The van der Waals surface area contributed by atoms with Crippen LogP contribution in [0.1, 0.15) is 26.7 Å². The fourth-order valence-corrected chi connectivity index (χ4v) is 5.33. The second kappa shape index (κ2) is 2.44. The molecule has 82 valence electrons. The molecule has 4 aliphatic rings. The van der Waals surface area contributed by atoms with Gasteiger partial charge in [-0.25, -0.2) is 0 Å². The summed E-state index contributed by atoms with van der Waals surface area (Å²) in [7, 11) is 0. The van der Waals surface area contributed by atoms with E-state index in [1.54, 1.807) is 11.6 Å². The van der Waals surface area contributed by atoms with Crippen molar-refractivity contribution in [3.8, 4) is 0 Å². The zero-order chi connectivity index (χ0) is 10.4. The van der Waals surface area contributed by atoms with Crippen molar-refractivity contribution >= 4 is 18.0 Å². The van der Waals surface area contributed by atoms with Gasteiger partial charge in [-0.15, -0.1) is 11.6 Å². The normalized spacial score (nSPS) is 64.6. The molecule has 4 fully saturated rings. The first kappa shape index (κ1) is 9.37. The first-order valence-electron chi connectivity index (χ1n) is 5.96. The van der Waals surface area contributed by atoms with Gasteiger partial charge in [0.25, 0.3) is 0 Å². The molecule has 6 atom stereocenters. The standard InChI is InChI=1S/C11H17BO2S/c1-10-6-4-8(10)11(2)9(5-7(6)10)13-12(14-11)15-3/h6-9H,4-5H2,1-3H3/t6?,7?,8?,9?,10?,11-/m0/s1. The van der Waals surface area contributed by atoms with Crippen molar-refractivity contribution in [3.63, 3.8) is 0 Å². The molecule has 0 aromatic carbocycles. The largest absolute Gasteiger partial charge is 0.531 e. The summed E-state index contributed by atoms with van der Waals surface area (Å²) in [6.45, 7) is 4.75. The zero-order valence-corrected chi connectivity index (χ0v) is 10.3. The molecule has 0 spiro atoms. The molecule has 0 N–H and O–H groups in total. The van der Waals surface area contributed by atoms with Crippen LogP contribution in [0.2, 0.25) is 0 Å². The van der Waals surface area contributed by atoms with Gasteiger partial charge in [-0.3, -0.25) is 0 Å². The van der Waals surface area contributed by atoms with Gasteiger partial charge in [0.05, 0.1) is 11.7 Å². The van der Waals surface area contributed by atoms with Crippen molar-refractivity contribution in [2.75, 3.05) is 6.26 Å². The molecular weight excluding hydrogens is 207 g/mol. The molecule has 4 rings (SSSR count). The van der Waals surface area contributed by atoms with Gasteiger partial charge in [-0.1, -0.05) is 6.92 Å². The van der Waals surface area contributed by atoms with Gasteiger partial charge in [0, 0.05) is 0 Å². The summed E-state index contributed by atoms with van der Waals surface area (Å²) < 4.78 is 12.2. The van der Waals surface area contributed by atoms with E-state index in [4.69, 9.17) is 9.31 Å². The van der Waals surface area contributed by atoms with Crippen molar-refractivity contribution in [2.45, 2.75) is 38.4 Å². The number of rotatable bonds is 1. The second-order valence-electron chi connectivity index (χ2n) is 6.05. The van der Waals surface area contributed by atoms with E-state index in [1.165, 1.54) is 12.8 Å². The lowest BCUT2D eigenvalue weighted by atomic mass is 9.61. The Morgan fingerprint density at radius 3 is 2.73 bits per heavy atom. The van der Waals surface area contributed by atoms with Crippen LogP contribution in [-0.2, 0) is 9.31 Å². The maximum Gasteiger partial charge on any atom is 0.531 e. The Hall–Kier alpha value is 0.335. The van der Waals surface area contributed by atoms with Gasteiger partial charge >= 0.3 is 6.40 Å². The maximum atomic E-state index is 6.16.